The van der Waals surface area contributed by atoms with E-state index in [-0.39, 0.29) is 5.91 Å². The van der Waals surface area contributed by atoms with Gasteiger partial charge in [0, 0.05) is 38.1 Å². The van der Waals surface area contributed by atoms with E-state index < -0.39 is 0 Å². The van der Waals surface area contributed by atoms with E-state index in [1.54, 1.807) is 7.11 Å². The molecule has 0 bridgehead atoms. The van der Waals surface area contributed by atoms with Crippen LogP contribution in [0.15, 0.2) is 18.2 Å². The maximum absolute atomic E-state index is 11.9. The van der Waals surface area contributed by atoms with Crippen LogP contribution in [0.2, 0.25) is 0 Å². The highest BCUT2D eigenvalue weighted by molar-refractivity contribution is 5.96. The highest BCUT2D eigenvalue weighted by Crippen LogP contribution is 2.29. The van der Waals surface area contributed by atoms with Crippen LogP contribution >= 0.6 is 0 Å². The maximum atomic E-state index is 11.9. The van der Waals surface area contributed by atoms with Crippen molar-refractivity contribution in [1.29, 1.82) is 0 Å². The monoisotopic (exact) mass is 234 g/mol. The molecular formula is C13H18N2O2. The third-order valence-corrected chi connectivity index (χ3v) is 3.03. The van der Waals surface area contributed by atoms with E-state index in [0.29, 0.717) is 19.6 Å². The molecule has 1 amide bonds. The minimum atomic E-state index is 0.193. The molecule has 0 atom stereocenters. The molecule has 1 aliphatic rings. The fraction of sp³-hybridized carbons (Fsp3) is 0.462. The average molecular weight is 234 g/mol. The Balaban J connectivity index is 2.18. The van der Waals surface area contributed by atoms with Crippen LogP contribution in [-0.4, -0.2) is 26.2 Å². The van der Waals surface area contributed by atoms with Crippen molar-refractivity contribution >= 4 is 17.3 Å². The number of nitrogen functional groups attached to an aromatic ring is 1. The van der Waals surface area contributed by atoms with E-state index in [9.17, 15) is 4.79 Å². The largest absolute Gasteiger partial charge is 0.399 e. The van der Waals surface area contributed by atoms with Crippen LogP contribution in [0.25, 0.3) is 0 Å². The van der Waals surface area contributed by atoms with Crippen LogP contribution in [0.5, 0.6) is 0 Å². The molecule has 4 heteroatoms. The zero-order valence-electron chi connectivity index (χ0n) is 10.1. The first-order valence-corrected chi connectivity index (χ1v) is 5.90. The van der Waals surface area contributed by atoms with Crippen LogP contribution in [-0.2, 0) is 16.0 Å². The topological polar surface area (TPSA) is 55.6 Å². The lowest BCUT2D eigenvalue weighted by molar-refractivity contribution is -0.118. The van der Waals surface area contributed by atoms with Crippen molar-refractivity contribution in [2.45, 2.75) is 19.3 Å². The Bertz CT molecular complexity index is 418. The number of carbonyl (C=O) groups excluding carboxylic acids is 1. The summed E-state index contributed by atoms with van der Waals surface area (Å²) in [6.07, 6.45) is 2.22. The molecule has 0 radical (unpaired) electrons. The van der Waals surface area contributed by atoms with Crippen molar-refractivity contribution in [1.82, 2.24) is 0 Å². The maximum Gasteiger partial charge on any atom is 0.227 e. The van der Waals surface area contributed by atoms with Gasteiger partial charge in [0.15, 0.2) is 0 Å². The van der Waals surface area contributed by atoms with Gasteiger partial charge in [0.2, 0.25) is 5.91 Å². The average Bonchev–Trinajstić information content (AvgIpc) is 2.32. The molecule has 0 aromatic heterocycles. The van der Waals surface area contributed by atoms with Gasteiger partial charge in [-0.05, 0) is 36.6 Å². The van der Waals surface area contributed by atoms with E-state index in [1.807, 2.05) is 23.1 Å². The van der Waals surface area contributed by atoms with Crippen LogP contribution in [0.4, 0.5) is 11.4 Å². The number of hydrogen-bond acceptors (Lipinski definition) is 3. The van der Waals surface area contributed by atoms with Gasteiger partial charge in [0.25, 0.3) is 0 Å². The Hall–Kier alpha value is -1.55. The van der Waals surface area contributed by atoms with Gasteiger partial charge in [-0.25, -0.2) is 0 Å². The Morgan fingerprint density at radius 2 is 2.24 bits per heavy atom. The second-order valence-corrected chi connectivity index (χ2v) is 4.28. The number of fused-ring (bicyclic) bond motifs is 1. The fourth-order valence-electron chi connectivity index (χ4n) is 2.19. The Kier molecular flexibility index (Phi) is 3.64. The van der Waals surface area contributed by atoms with Gasteiger partial charge in [-0.1, -0.05) is 0 Å². The number of nitrogens with two attached hydrogens (primary N) is 1. The van der Waals surface area contributed by atoms with E-state index in [1.165, 1.54) is 5.56 Å². The van der Waals surface area contributed by atoms with Gasteiger partial charge >= 0.3 is 0 Å². The van der Waals surface area contributed by atoms with E-state index >= 15 is 0 Å². The zero-order valence-corrected chi connectivity index (χ0v) is 10.1. The number of nitrogens with zero attached hydrogens (tertiary/aromatic N) is 1. The molecule has 0 saturated heterocycles. The zero-order chi connectivity index (χ0) is 12.3. The minimum absolute atomic E-state index is 0.193. The number of amides is 1. The summed E-state index contributed by atoms with van der Waals surface area (Å²) in [7, 11) is 1.67. The summed E-state index contributed by atoms with van der Waals surface area (Å²) in [5.41, 5.74) is 8.69. The molecular weight excluding hydrogens is 216 g/mol. The molecule has 1 aliphatic heterocycles. The number of benzene rings is 1. The molecule has 0 unspecified atom stereocenters. The molecule has 17 heavy (non-hydrogen) atoms. The predicted octanol–water partition coefficient (Wildman–Crippen LogP) is 1.58. The summed E-state index contributed by atoms with van der Waals surface area (Å²) in [5.74, 6) is 0.193. The fourth-order valence-corrected chi connectivity index (χ4v) is 2.19. The Morgan fingerprint density at radius 1 is 1.41 bits per heavy atom. The Labute approximate surface area is 101 Å². The number of anilines is 2. The van der Waals surface area contributed by atoms with Gasteiger partial charge in [-0.15, -0.1) is 0 Å². The van der Waals surface area contributed by atoms with Crippen LogP contribution in [0.1, 0.15) is 18.4 Å². The molecule has 0 fully saturated rings. The predicted molar refractivity (Wildman–Crippen MR) is 68.0 cm³/mol. The molecule has 0 spiro atoms. The summed E-state index contributed by atoms with van der Waals surface area (Å²) in [4.78, 5) is 13.7. The molecule has 2 rings (SSSR count). The first-order valence-electron chi connectivity index (χ1n) is 5.90. The SMILES string of the molecule is COCCCN1C(=O)CCc2cc(N)ccc21. The standard InChI is InChI=1S/C13H18N2O2/c1-17-8-2-7-15-12-5-4-11(14)9-10(12)3-6-13(15)16/h4-5,9H,2-3,6-8,14H2,1H3. The van der Waals surface area contributed by atoms with Gasteiger partial charge in [0.1, 0.15) is 0 Å². The van der Waals surface area contributed by atoms with E-state index in [4.69, 9.17) is 10.5 Å². The number of hydrogen-bond donors (Lipinski definition) is 1. The van der Waals surface area contributed by atoms with Crippen molar-refractivity contribution < 1.29 is 9.53 Å². The molecule has 0 saturated carbocycles. The summed E-state index contributed by atoms with van der Waals surface area (Å²) in [6, 6.07) is 5.75. The normalized spacial score (nSPS) is 14.9. The molecule has 1 aromatic carbocycles. The van der Waals surface area contributed by atoms with Crippen LogP contribution in [0, 0.1) is 0 Å². The third kappa shape index (κ3) is 2.58. The summed E-state index contributed by atoms with van der Waals surface area (Å²) in [6.45, 7) is 1.39. The molecule has 0 aliphatic carbocycles. The number of rotatable bonds is 4. The summed E-state index contributed by atoms with van der Waals surface area (Å²) in [5, 5.41) is 0. The quantitative estimate of drug-likeness (QED) is 0.635. The smallest absolute Gasteiger partial charge is 0.227 e. The van der Waals surface area contributed by atoms with Gasteiger partial charge in [-0.3, -0.25) is 4.79 Å². The number of ether oxygens (including phenoxy) is 1. The van der Waals surface area contributed by atoms with Crippen LogP contribution in [0.3, 0.4) is 0 Å². The lowest BCUT2D eigenvalue weighted by atomic mass is 10.0. The third-order valence-electron chi connectivity index (χ3n) is 3.03. The minimum Gasteiger partial charge on any atom is -0.399 e. The summed E-state index contributed by atoms with van der Waals surface area (Å²) < 4.78 is 5.02. The van der Waals surface area contributed by atoms with Gasteiger partial charge in [0.05, 0.1) is 0 Å². The Morgan fingerprint density at radius 3 is 3.00 bits per heavy atom. The van der Waals surface area contributed by atoms with Crippen molar-refractivity contribution in [2.75, 3.05) is 30.9 Å². The number of carbonyl (C=O) groups is 1. The van der Waals surface area contributed by atoms with Crippen molar-refractivity contribution in [3.63, 3.8) is 0 Å². The number of aryl methyl sites for hydroxylation is 1. The molecule has 2 N–H and O–H groups in total. The second-order valence-electron chi connectivity index (χ2n) is 4.28. The highest BCUT2D eigenvalue weighted by atomic mass is 16.5. The lowest BCUT2D eigenvalue weighted by Crippen LogP contribution is -2.36. The van der Waals surface area contributed by atoms with Crippen LogP contribution < -0.4 is 10.6 Å². The second kappa shape index (κ2) is 5.19. The van der Waals surface area contributed by atoms with Crippen molar-refractivity contribution in [3.05, 3.63) is 23.8 Å². The van der Waals surface area contributed by atoms with E-state index in [2.05, 4.69) is 0 Å². The number of methoxy groups -OCH3 is 1. The van der Waals surface area contributed by atoms with E-state index in [0.717, 1.165) is 24.2 Å². The molecule has 92 valence electrons. The van der Waals surface area contributed by atoms with Gasteiger partial charge < -0.3 is 15.4 Å². The summed E-state index contributed by atoms with van der Waals surface area (Å²) >= 11 is 0. The van der Waals surface area contributed by atoms with Crippen molar-refractivity contribution in [2.24, 2.45) is 0 Å². The molecule has 1 aromatic rings. The first-order chi connectivity index (χ1) is 8.22. The molecule has 4 nitrogen and oxygen atoms in total. The van der Waals surface area contributed by atoms with Gasteiger partial charge in [-0.2, -0.15) is 0 Å². The lowest BCUT2D eigenvalue weighted by Gasteiger charge is -2.29. The molecule has 1 heterocycles. The van der Waals surface area contributed by atoms with Crippen molar-refractivity contribution in [3.8, 4) is 0 Å². The highest BCUT2D eigenvalue weighted by Gasteiger charge is 2.23. The first kappa shape index (κ1) is 11.9.